The predicted molar refractivity (Wildman–Crippen MR) is 97.8 cm³/mol. The standard InChI is InChI=1S/C18H28N2O3S/c1-6-18(3,4)19-10-14(21)20-16-15(17(22)23-5)12-8-7-11(2)9-13(12)24-16/h11,19H,6-10H2,1-5H3,(H,20,21)/t11-/m1/s1. The number of carbonyl (C=O) groups excluding carboxylic acids is 2. The van der Waals surface area contributed by atoms with Crippen molar-refractivity contribution in [3.8, 4) is 0 Å². The van der Waals surface area contributed by atoms with Crippen LogP contribution in [0.3, 0.4) is 0 Å². The average molecular weight is 353 g/mol. The number of esters is 1. The van der Waals surface area contributed by atoms with Gasteiger partial charge in [0.15, 0.2) is 0 Å². The highest BCUT2D eigenvalue weighted by Gasteiger charge is 2.29. The number of ether oxygens (including phenoxy) is 1. The summed E-state index contributed by atoms with van der Waals surface area (Å²) >= 11 is 1.52. The Bertz CT molecular complexity index is 622. The molecule has 1 atom stereocenters. The molecule has 0 spiro atoms. The molecular formula is C18H28N2O3S. The van der Waals surface area contributed by atoms with Gasteiger partial charge in [-0.1, -0.05) is 13.8 Å². The second kappa shape index (κ2) is 7.66. The zero-order valence-corrected chi connectivity index (χ0v) is 16.1. The number of fused-ring (bicyclic) bond motifs is 1. The lowest BCUT2D eigenvalue weighted by atomic mass is 9.88. The summed E-state index contributed by atoms with van der Waals surface area (Å²) in [5.74, 6) is 0.116. The molecule has 6 heteroatoms. The normalized spacial score (nSPS) is 17.3. The van der Waals surface area contributed by atoms with Crippen molar-refractivity contribution in [3.05, 3.63) is 16.0 Å². The predicted octanol–water partition coefficient (Wildman–Crippen LogP) is 3.38. The van der Waals surface area contributed by atoms with E-state index in [1.54, 1.807) is 0 Å². The fourth-order valence-electron chi connectivity index (χ4n) is 2.77. The third-order valence-corrected chi connectivity index (χ3v) is 5.94. The SMILES string of the molecule is CCC(C)(C)NCC(=O)Nc1sc2c(c1C(=O)OC)CC[C@@H](C)C2. The minimum Gasteiger partial charge on any atom is -0.465 e. The van der Waals surface area contributed by atoms with Crippen molar-refractivity contribution in [2.75, 3.05) is 19.0 Å². The number of hydrogen-bond donors (Lipinski definition) is 2. The van der Waals surface area contributed by atoms with Gasteiger partial charge in [-0.2, -0.15) is 0 Å². The van der Waals surface area contributed by atoms with Crippen molar-refractivity contribution in [3.63, 3.8) is 0 Å². The molecule has 0 aliphatic heterocycles. The van der Waals surface area contributed by atoms with E-state index in [1.807, 2.05) is 0 Å². The number of carbonyl (C=O) groups is 2. The molecule has 0 bridgehead atoms. The Balaban J connectivity index is 2.17. The summed E-state index contributed by atoms with van der Waals surface area (Å²) in [5.41, 5.74) is 1.52. The number of amides is 1. The van der Waals surface area contributed by atoms with E-state index in [-0.39, 0.29) is 24.0 Å². The van der Waals surface area contributed by atoms with Gasteiger partial charge >= 0.3 is 5.97 Å². The molecule has 0 unspecified atom stereocenters. The van der Waals surface area contributed by atoms with E-state index in [1.165, 1.54) is 23.3 Å². The number of rotatable bonds is 6. The number of nitrogens with one attached hydrogen (secondary N) is 2. The summed E-state index contributed by atoms with van der Waals surface area (Å²) < 4.78 is 4.94. The Morgan fingerprint density at radius 1 is 1.38 bits per heavy atom. The molecule has 2 rings (SSSR count). The molecule has 0 radical (unpaired) electrons. The van der Waals surface area contributed by atoms with Crippen LogP contribution in [0.4, 0.5) is 5.00 Å². The summed E-state index contributed by atoms with van der Waals surface area (Å²) in [5, 5.41) is 6.77. The minimum absolute atomic E-state index is 0.0906. The van der Waals surface area contributed by atoms with Crippen molar-refractivity contribution < 1.29 is 14.3 Å². The smallest absolute Gasteiger partial charge is 0.341 e. The van der Waals surface area contributed by atoms with E-state index < -0.39 is 0 Å². The third-order valence-electron chi connectivity index (χ3n) is 4.77. The summed E-state index contributed by atoms with van der Waals surface area (Å²) in [4.78, 5) is 25.7. The monoisotopic (exact) mass is 352 g/mol. The average Bonchev–Trinajstić information content (AvgIpc) is 2.89. The van der Waals surface area contributed by atoms with Crippen molar-refractivity contribution in [1.82, 2.24) is 5.32 Å². The highest BCUT2D eigenvalue weighted by atomic mass is 32.1. The molecule has 1 heterocycles. The van der Waals surface area contributed by atoms with Crippen LogP contribution in [0.25, 0.3) is 0 Å². The van der Waals surface area contributed by atoms with Crippen LogP contribution in [0.5, 0.6) is 0 Å². The van der Waals surface area contributed by atoms with E-state index >= 15 is 0 Å². The number of hydrogen-bond acceptors (Lipinski definition) is 5. The molecule has 134 valence electrons. The highest BCUT2D eigenvalue weighted by Crippen LogP contribution is 2.39. The highest BCUT2D eigenvalue weighted by molar-refractivity contribution is 7.17. The second-order valence-corrected chi connectivity index (χ2v) is 8.29. The molecule has 1 aliphatic carbocycles. The molecular weight excluding hydrogens is 324 g/mol. The summed E-state index contributed by atoms with van der Waals surface area (Å²) in [6, 6.07) is 0. The van der Waals surface area contributed by atoms with Gasteiger partial charge in [0.25, 0.3) is 0 Å². The van der Waals surface area contributed by atoms with Gasteiger partial charge in [-0.05, 0) is 51.0 Å². The number of anilines is 1. The molecule has 0 aromatic carbocycles. The van der Waals surface area contributed by atoms with Crippen molar-refractivity contribution in [2.24, 2.45) is 5.92 Å². The zero-order chi connectivity index (χ0) is 17.9. The van der Waals surface area contributed by atoms with Crippen LogP contribution < -0.4 is 10.6 Å². The molecule has 1 aliphatic rings. The topological polar surface area (TPSA) is 67.4 Å². The molecule has 0 saturated heterocycles. The minimum atomic E-state index is -0.362. The number of thiophene rings is 1. The van der Waals surface area contributed by atoms with Gasteiger partial charge in [-0.25, -0.2) is 4.79 Å². The first-order valence-electron chi connectivity index (χ1n) is 8.55. The maximum Gasteiger partial charge on any atom is 0.341 e. The second-order valence-electron chi connectivity index (χ2n) is 7.19. The van der Waals surface area contributed by atoms with E-state index in [2.05, 4.69) is 38.3 Å². The first kappa shape index (κ1) is 18.9. The molecule has 2 N–H and O–H groups in total. The van der Waals surface area contributed by atoms with Gasteiger partial charge < -0.3 is 15.4 Å². The Hall–Kier alpha value is -1.40. The van der Waals surface area contributed by atoms with Crippen LogP contribution >= 0.6 is 11.3 Å². The van der Waals surface area contributed by atoms with Crippen LogP contribution in [-0.4, -0.2) is 31.1 Å². The largest absolute Gasteiger partial charge is 0.465 e. The van der Waals surface area contributed by atoms with Gasteiger partial charge in [0.2, 0.25) is 5.91 Å². The van der Waals surface area contributed by atoms with Crippen molar-refractivity contribution in [2.45, 2.75) is 58.9 Å². The van der Waals surface area contributed by atoms with Gasteiger partial charge in [0, 0.05) is 10.4 Å². The van der Waals surface area contributed by atoms with Crippen LogP contribution in [0.2, 0.25) is 0 Å². The van der Waals surface area contributed by atoms with E-state index in [9.17, 15) is 9.59 Å². The number of methoxy groups -OCH3 is 1. The Kier molecular flexibility index (Phi) is 6.04. The maximum atomic E-state index is 12.3. The van der Waals surface area contributed by atoms with Gasteiger partial charge in [0.05, 0.1) is 19.2 Å². The van der Waals surface area contributed by atoms with Crippen LogP contribution in [-0.2, 0) is 22.4 Å². The fraction of sp³-hybridized carbons (Fsp3) is 0.667. The molecule has 1 aromatic rings. The molecule has 1 amide bonds. The lowest BCUT2D eigenvalue weighted by Gasteiger charge is -2.24. The first-order chi connectivity index (χ1) is 11.3. The molecule has 0 saturated carbocycles. The summed E-state index contributed by atoms with van der Waals surface area (Å²) in [7, 11) is 1.38. The van der Waals surface area contributed by atoms with Crippen LogP contribution in [0.15, 0.2) is 0 Å². The Morgan fingerprint density at radius 3 is 2.71 bits per heavy atom. The zero-order valence-electron chi connectivity index (χ0n) is 15.2. The Labute approximate surface area is 148 Å². The Morgan fingerprint density at radius 2 is 2.08 bits per heavy atom. The van der Waals surface area contributed by atoms with Crippen molar-refractivity contribution >= 4 is 28.2 Å². The van der Waals surface area contributed by atoms with E-state index in [0.29, 0.717) is 16.5 Å². The van der Waals surface area contributed by atoms with Crippen LogP contribution in [0, 0.1) is 5.92 Å². The van der Waals surface area contributed by atoms with Crippen molar-refractivity contribution in [1.29, 1.82) is 0 Å². The van der Waals surface area contributed by atoms with Gasteiger partial charge in [-0.3, -0.25) is 4.79 Å². The van der Waals surface area contributed by atoms with Gasteiger partial charge in [0.1, 0.15) is 5.00 Å². The quantitative estimate of drug-likeness (QED) is 0.770. The third kappa shape index (κ3) is 4.36. The lowest BCUT2D eigenvalue weighted by molar-refractivity contribution is -0.115. The van der Waals surface area contributed by atoms with Gasteiger partial charge in [-0.15, -0.1) is 11.3 Å². The lowest BCUT2D eigenvalue weighted by Crippen LogP contribution is -2.43. The molecule has 5 nitrogen and oxygen atoms in total. The van der Waals surface area contributed by atoms with E-state index in [4.69, 9.17) is 4.74 Å². The fourth-order valence-corrected chi connectivity index (χ4v) is 4.19. The maximum absolute atomic E-state index is 12.3. The van der Waals surface area contributed by atoms with E-state index in [0.717, 1.165) is 31.2 Å². The molecule has 1 aromatic heterocycles. The van der Waals surface area contributed by atoms with Crippen LogP contribution in [0.1, 0.15) is 61.3 Å². The molecule has 0 fully saturated rings. The molecule has 24 heavy (non-hydrogen) atoms. The summed E-state index contributed by atoms with van der Waals surface area (Å²) in [6.45, 7) is 8.64. The summed E-state index contributed by atoms with van der Waals surface area (Å²) in [6.07, 6.45) is 3.82. The first-order valence-corrected chi connectivity index (χ1v) is 9.36.